The summed E-state index contributed by atoms with van der Waals surface area (Å²) >= 11 is 1.61. The fourth-order valence-corrected chi connectivity index (χ4v) is 3.21. The van der Waals surface area contributed by atoms with E-state index in [9.17, 15) is 4.79 Å². The van der Waals surface area contributed by atoms with Gasteiger partial charge >= 0.3 is 6.03 Å². The molecule has 3 aromatic rings. The molecular weight excluding hydrogens is 364 g/mol. The van der Waals surface area contributed by atoms with Gasteiger partial charge < -0.3 is 15.0 Å². The highest BCUT2D eigenvalue weighted by molar-refractivity contribution is 7.07. The average Bonchev–Trinajstić information content (AvgIpc) is 3.32. The number of anilines is 1. The second-order valence-corrected chi connectivity index (χ2v) is 6.89. The van der Waals surface area contributed by atoms with E-state index in [-0.39, 0.29) is 6.03 Å². The van der Waals surface area contributed by atoms with Crippen LogP contribution in [-0.4, -0.2) is 51.4 Å². The number of urea groups is 1. The van der Waals surface area contributed by atoms with E-state index in [1.165, 1.54) is 4.80 Å². The minimum absolute atomic E-state index is 0.175. The maximum absolute atomic E-state index is 12.9. The molecule has 0 bridgehead atoms. The number of tetrazole rings is 1. The van der Waals surface area contributed by atoms with Gasteiger partial charge in [0.15, 0.2) is 0 Å². The molecule has 142 valence electrons. The molecule has 0 radical (unpaired) electrons. The highest BCUT2D eigenvalue weighted by atomic mass is 32.1. The van der Waals surface area contributed by atoms with Gasteiger partial charge in [0.25, 0.3) is 0 Å². The van der Waals surface area contributed by atoms with Crippen LogP contribution >= 0.6 is 11.3 Å². The molecule has 0 saturated carbocycles. The van der Waals surface area contributed by atoms with Gasteiger partial charge in [-0.25, -0.2) is 4.79 Å². The van der Waals surface area contributed by atoms with Crippen molar-refractivity contribution in [1.82, 2.24) is 25.1 Å². The summed E-state index contributed by atoms with van der Waals surface area (Å²) in [6.45, 7) is 3.45. The van der Waals surface area contributed by atoms with Crippen LogP contribution in [0.3, 0.4) is 0 Å². The molecule has 2 amide bonds. The molecule has 0 saturated heterocycles. The first-order valence-corrected chi connectivity index (χ1v) is 9.42. The van der Waals surface area contributed by atoms with Crippen molar-refractivity contribution in [2.45, 2.75) is 13.5 Å². The predicted molar refractivity (Wildman–Crippen MR) is 105 cm³/mol. The van der Waals surface area contributed by atoms with Crippen LogP contribution in [0.5, 0.6) is 0 Å². The normalized spacial score (nSPS) is 10.8. The van der Waals surface area contributed by atoms with Crippen LogP contribution in [0.4, 0.5) is 10.5 Å². The molecule has 1 N–H and O–H groups in total. The second-order valence-electron chi connectivity index (χ2n) is 6.11. The van der Waals surface area contributed by atoms with Crippen LogP contribution in [0.15, 0.2) is 35.0 Å². The number of nitrogens with one attached hydrogen (secondary N) is 1. The molecular formula is C18H22N6O2S. The summed E-state index contributed by atoms with van der Waals surface area (Å²) in [5.41, 5.74) is 3.57. The fourth-order valence-electron chi connectivity index (χ4n) is 2.55. The van der Waals surface area contributed by atoms with Gasteiger partial charge in [-0.15, -0.1) is 10.2 Å². The minimum Gasteiger partial charge on any atom is -0.383 e. The Morgan fingerprint density at radius 3 is 2.89 bits per heavy atom. The number of methoxy groups -OCH3 is 1. The van der Waals surface area contributed by atoms with Crippen molar-refractivity contribution in [3.63, 3.8) is 0 Å². The van der Waals surface area contributed by atoms with E-state index in [2.05, 4.69) is 20.7 Å². The molecule has 0 fully saturated rings. The summed E-state index contributed by atoms with van der Waals surface area (Å²) in [6.07, 6.45) is 0. The number of rotatable bonds is 7. The van der Waals surface area contributed by atoms with Crippen molar-refractivity contribution in [2.75, 3.05) is 25.6 Å². The van der Waals surface area contributed by atoms with Crippen LogP contribution in [0.2, 0.25) is 0 Å². The topological polar surface area (TPSA) is 85.2 Å². The molecule has 9 heteroatoms. The Bertz CT molecular complexity index is 893. The number of hydrogen-bond donors (Lipinski definition) is 1. The Labute approximate surface area is 161 Å². The molecule has 0 aliphatic carbocycles. The SMILES string of the molecule is COCCN(Cc1ccsc1)C(=O)Nc1cc(-c2nnn(C)n2)ccc1C. The Morgan fingerprint density at radius 1 is 1.37 bits per heavy atom. The average molecular weight is 386 g/mol. The standard InChI is InChI=1S/C18H22N6O2S/c1-13-4-5-15(17-20-22-23(2)21-17)10-16(13)19-18(25)24(7-8-26-3)11-14-6-9-27-12-14/h4-6,9-10,12H,7-8,11H2,1-3H3,(H,19,25). The number of benzene rings is 1. The molecule has 2 aromatic heterocycles. The van der Waals surface area contributed by atoms with Crippen molar-refractivity contribution in [1.29, 1.82) is 0 Å². The van der Waals surface area contributed by atoms with Crippen molar-refractivity contribution in [3.8, 4) is 11.4 Å². The third-order valence-corrected chi connectivity index (χ3v) is 4.78. The molecule has 27 heavy (non-hydrogen) atoms. The highest BCUT2D eigenvalue weighted by Gasteiger charge is 2.16. The van der Waals surface area contributed by atoms with Gasteiger partial charge in [0, 0.05) is 31.5 Å². The number of nitrogens with zero attached hydrogens (tertiary/aromatic N) is 5. The summed E-state index contributed by atoms with van der Waals surface area (Å²) < 4.78 is 5.15. The van der Waals surface area contributed by atoms with E-state index in [1.54, 1.807) is 30.4 Å². The van der Waals surface area contributed by atoms with Gasteiger partial charge in [-0.05, 0) is 46.2 Å². The van der Waals surface area contributed by atoms with E-state index in [0.29, 0.717) is 25.5 Å². The zero-order valence-electron chi connectivity index (χ0n) is 15.5. The van der Waals surface area contributed by atoms with E-state index >= 15 is 0 Å². The molecule has 3 rings (SSSR count). The second kappa shape index (κ2) is 8.74. The van der Waals surface area contributed by atoms with Gasteiger partial charge in [-0.2, -0.15) is 16.1 Å². The van der Waals surface area contributed by atoms with E-state index in [4.69, 9.17) is 4.74 Å². The maximum Gasteiger partial charge on any atom is 0.322 e. The lowest BCUT2D eigenvalue weighted by Gasteiger charge is -2.23. The third kappa shape index (κ3) is 4.89. The largest absolute Gasteiger partial charge is 0.383 e. The number of aryl methyl sites for hydroxylation is 2. The molecule has 0 spiro atoms. The molecule has 2 heterocycles. The van der Waals surface area contributed by atoms with Crippen LogP contribution in [0.1, 0.15) is 11.1 Å². The Hall–Kier alpha value is -2.78. The van der Waals surface area contributed by atoms with Gasteiger partial charge in [0.05, 0.1) is 13.7 Å². The van der Waals surface area contributed by atoms with Crippen LogP contribution in [-0.2, 0) is 18.3 Å². The zero-order valence-corrected chi connectivity index (χ0v) is 16.4. The number of aromatic nitrogens is 4. The lowest BCUT2D eigenvalue weighted by Crippen LogP contribution is -2.36. The number of ether oxygens (including phenoxy) is 1. The Balaban J connectivity index is 1.77. The smallest absolute Gasteiger partial charge is 0.322 e. The molecule has 1 aromatic carbocycles. The predicted octanol–water partition coefficient (Wildman–Crippen LogP) is 2.93. The molecule has 0 atom stereocenters. The monoisotopic (exact) mass is 386 g/mol. The summed E-state index contributed by atoms with van der Waals surface area (Å²) in [5, 5.41) is 19.1. The Kier molecular flexibility index (Phi) is 6.15. The van der Waals surface area contributed by atoms with Crippen molar-refractivity contribution < 1.29 is 9.53 Å². The van der Waals surface area contributed by atoms with Crippen LogP contribution in [0.25, 0.3) is 11.4 Å². The molecule has 0 aliphatic rings. The fraction of sp³-hybridized carbons (Fsp3) is 0.333. The first-order valence-electron chi connectivity index (χ1n) is 8.48. The molecule has 0 aliphatic heterocycles. The maximum atomic E-state index is 12.9. The number of carbonyl (C=O) groups excluding carboxylic acids is 1. The summed E-state index contributed by atoms with van der Waals surface area (Å²) in [6, 6.07) is 7.55. The minimum atomic E-state index is -0.175. The highest BCUT2D eigenvalue weighted by Crippen LogP contribution is 2.23. The number of amides is 2. The lowest BCUT2D eigenvalue weighted by atomic mass is 10.1. The van der Waals surface area contributed by atoms with Gasteiger partial charge in [-0.3, -0.25) is 0 Å². The van der Waals surface area contributed by atoms with Crippen molar-refractivity contribution >= 4 is 23.1 Å². The van der Waals surface area contributed by atoms with Crippen LogP contribution in [0, 0.1) is 6.92 Å². The quantitative estimate of drug-likeness (QED) is 0.675. The van der Waals surface area contributed by atoms with Gasteiger partial charge in [-0.1, -0.05) is 12.1 Å². The van der Waals surface area contributed by atoms with Crippen molar-refractivity contribution in [2.24, 2.45) is 7.05 Å². The number of thiophene rings is 1. The summed E-state index contributed by atoms with van der Waals surface area (Å²) in [7, 11) is 3.34. The van der Waals surface area contributed by atoms with E-state index in [0.717, 1.165) is 22.4 Å². The first kappa shape index (κ1) is 19.0. The van der Waals surface area contributed by atoms with Gasteiger partial charge in [0.2, 0.25) is 5.82 Å². The van der Waals surface area contributed by atoms with E-state index in [1.807, 2.05) is 41.9 Å². The number of carbonyl (C=O) groups is 1. The van der Waals surface area contributed by atoms with Crippen LogP contribution < -0.4 is 5.32 Å². The zero-order chi connectivity index (χ0) is 19.2. The van der Waals surface area contributed by atoms with Gasteiger partial charge in [0.1, 0.15) is 0 Å². The third-order valence-electron chi connectivity index (χ3n) is 4.05. The first-order chi connectivity index (χ1) is 13.1. The van der Waals surface area contributed by atoms with Crippen molar-refractivity contribution in [3.05, 3.63) is 46.2 Å². The van der Waals surface area contributed by atoms with E-state index < -0.39 is 0 Å². The summed E-state index contributed by atoms with van der Waals surface area (Å²) in [5.74, 6) is 0.516. The molecule has 0 unspecified atom stereocenters. The molecule has 8 nitrogen and oxygen atoms in total. The Morgan fingerprint density at radius 2 is 2.22 bits per heavy atom. The lowest BCUT2D eigenvalue weighted by molar-refractivity contribution is 0.153. The number of hydrogen-bond acceptors (Lipinski definition) is 6. The summed E-state index contributed by atoms with van der Waals surface area (Å²) in [4.78, 5) is 16.0.